The van der Waals surface area contributed by atoms with Crippen LogP contribution < -0.4 is 10.6 Å². The molecule has 6 atom stereocenters. The Labute approximate surface area is 193 Å². The Balaban J connectivity index is 1.37. The molecule has 1 aromatic rings. The number of nitrogens with one attached hydrogen (secondary N) is 2. The molecule has 3 aliphatic heterocycles. The van der Waals surface area contributed by atoms with E-state index in [1.807, 2.05) is 6.92 Å². The average molecular weight is 480 g/mol. The van der Waals surface area contributed by atoms with Crippen molar-refractivity contribution >= 4 is 35.5 Å². The smallest absolute Gasteiger partial charge is 0.371 e. The third kappa shape index (κ3) is 4.13. The number of amides is 2. The number of hydrogen-bond donors (Lipinski definition) is 5. The van der Waals surface area contributed by atoms with Gasteiger partial charge in [0.05, 0.1) is 30.7 Å². The number of aliphatic carboxylic acids is 1. The Kier molecular flexibility index (Phi) is 6.25. The number of carboxylic acid groups (broad SMARTS) is 2. The first-order valence-electron chi connectivity index (χ1n) is 10.6. The summed E-state index contributed by atoms with van der Waals surface area (Å²) in [6, 6.07) is 1.93. The van der Waals surface area contributed by atoms with E-state index in [1.165, 1.54) is 35.7 Å². The summed E-state index contributed by atoms with van der Waals surface area (Å²) in [5.74, 6) is -3.74. The van der Waals surface area contributed by atoms with Gasteiger partial charge in [-0.05, 0) is 25.5 Å². The molecule has 0 saturated carbocycles. The topological polar surface area (TPSA) is 169 Å². The molecule has 11 nitrogen and oxygen atoms in total. The number of furan rings is 1. The Morgan fingerprint density at radius 1 is 1.30 bits per heavy atom. The van der Waals surface area contributed by atoms with Crippen LogP contribution in [0.1, 0.15) is 36.6 Å². The minimum atomic E-state index is -1.19. The van der Waals surface area contributed by atoms with E-state index >= 15 is 0 Å². The second-order valence-corrected chi connectivity index (χ2v) is 9.84. The Morgan fingerprint density at radius 3 is 2.64 bits per heavy atom. The lowest BCUT2D eigenvalue weighted by atomic mass is 9.79. The lowest BCUT2D eigenvalue weighted by Crippen LogP contribution is -2.63. The number of hydrogen-bond acceptors (Lipinski definition) is 8. The van der Waals surface area contributed by atoms with Gasteiger partial charge < -0.3 is 35.3 Å². The zero-order valence-corrected chi connectivity index (χ0v) is 18.8. The van der Waals surface area contributed by atoms with E-state index in [1.54, 1.807) is 0 Å². The van der Waals surface area contributed by atoms with Crippen molar-refractivity contribution in [1.29, 1.82) is 0 Å². The highest BCUT2D eigenvalue weighted by Gasteiger charge is 2.60. The number of carbonyl (C=O) groups is 4. The van der Waals surface area contributed by atoms with Gasteiger partial charge in [0.25, 0.3) is 0 Å². The van der Waals surface area contributed by atoms with Crippen LogP contribution in [-0.2, 0) is 20.9 Å². The van der Waals surface area contributed by atoms with Gasteiger partial charge in [-0.15, -0.1) is 11.8 Å². The van der Waals surface area contributed by atoms with Crippen LogP contribution >= 0.6 is 11.8 Å². The maximum atomic E-state index is 12.5. The Morgan fingerprint density at radius 2 is 2.03 bits per heavy atom. The quantitative estimate of drug-likeness (QED) is 0.325. The van der Waals surface area contributed by atoms with E-state index in [2.05, 4.69) is 10.6 Å². The highest BCUT2D eigenvalue weighted by molar-refractivity contribution is 8.03. The average Bonchev–Trinajstić information content (AvgIpc) is 3.45. The Hall–Kier alpha value is -2.83. The molecule has 0 spiro atoms. The molecule has 0 aliphatic carbocycles. The molecule has 178 valence electrons. The van der Waals surface area contributed by atoms with Crippen LogP contribution in [-0.4, -0.2) is 74.0 Å². The molecule has 2 fully saturated rings. The number of thioether (sulfide) groups is 1. The number of rotatable bonds is 8. The van der Waals surface area contributed by atoms with Gasteiger partial charge in [0, 0.05) is 22.6 Å². The van der Waals surface area contributed by atoms with Crippen LogP contribution in [0.15, 0.2) is 27.2 Å². The van der Waals surface area contributed by atoms with Crippen molar-refractivity contribution < 1.29 is 38.9 Å². The number of nitrogens with zero attached hydrogens (tertiary/aromatic N) is 1. The third-order valence-electron chi connectivity index (χ3n) is 6.32. The number of carbonyl (C=O) groups excluding carboxylic acids is 2. The molecular formula is C21H25N3O8S. The second kappa shape index (κ2) is 8.84. The molecule has 12 heteroatoms. The normalized spacial score (nSPS) is 29.6. The fraction of sp³-hybridized carbons (Fsp3) is 0.524. The van der Waals surface area contributed by atoms with Crippen LogP contribution in [0, 0.1) is 11.8 Å². The maximum absolute atomic E-state index is 12.5. The summed E-state index contributed by atoms with van der Waals surface area (Å²) in [6.07, 6.45) is -0.404. The van der Waals surface area contributed by atoms with E-state index in [9.17, 15) is 29.4 Å². The predicted molar refractivity (Wildman–Crippen MR) is 115 cm³/mol. The van der Waals surface area contributed by atoms with Gasteiger partial charge in [0.1, 0.15) is 11.5 Å². The molecule has 4 rings (SSSR count). The molecule has 1 unspecified atom stereocenters. The lowest BCUT2D eigenvalue weighted by molar-refractivity contribution is -0.163. The van der Waals surface area contributed by atoms with Crippen LogP contribution in [0.4, 0.5) is 0 Å². The minimum Gasteiger partial charge on any atom is -0.477 e. The van der Waals surface area contributed by atoms with Crippen molar-refractivity contribution in [3.8, 4) is 0 Å². The molecule has 4 heterocycles. The van der Waals surface area contributed by atoms with Crippen LogP contribution in [0.2, 0.25) is 0 Å². The van der Waals surface area contributed by atoms with Crippen LogP contribution in [0.5, 0.6) is 0 Å². The zero-order chi connectivity index (χ0) is 24.0. The van der Waals surface area contributed by atoms with Crippen molar-refractivity contribution in [2.45, 2.75) is 50.3 Å². The SMILES string of the molecule is C[C@H](O)[C@H]1C(=O)N2C(C(=O)O)=C(S[C@@H]3CN[C@H](C(=O)NCc4ccc(C(=O)O)o4)C3)[C@H](C)C12. The van der Waals surface area contributed by atoms with Crippen LogP contribution in [0.25, 0.3) is 0 Å². The summed E-state index contributed by atoms with van der Waals surface area (Å²) in [5, 5.41) is 34.3. The van der Waals surface area contributed by atoms with Gasteiger partial charge in [-0.1, -0.05) is 6.92 Å². The predicted octanol–water partition coefficient (Wildman–Crippen LogP) is 0.211. The molecule has 0 aromatic carbocycles. The second-order valence-electron chi connectivity index (χ2n) is 8.50. The standard InChI is InChI=1S/C21H25N3O8S/c1-8-15-14(9(2)25)19(27)24(15)16(21(30)31)17(8)33-11-5-12(22-7-11)18(26)23-6-10-3-4-13(32-10)20(28)29/h3-4,8-9,11-12,14-15,22,25H,5-7H2,1-2H3,(H,23,26)(H,28,29)(H,30,31)/t8-,9+,11+,12+,14-,15?/m1/s1. The fourth-order valence-corrected chi connectivity index (χ4v) is 6.22. The summed E-state index contributed by atoms with van der Waals surface area (Å²) in [5.41, 5.74) is -0.0284. The summed E-state index contributed by atoms with van der Waals surface area (Å²) >= 11 is 1.36. The Bertz CT molecular complexity index is 1030. The monoisotopic (exact) mass is 479 g/mol. The molecule has 0 radical (unpaired) electrons. The number of aliphatic hydroxyl groups is 1. The number of aromatic carboxylic acids is 1. The molecule has 5 N–H and O–H groups in total. The van der Waals surface area contributed by atoms with Crippen molar-refractivity contribution in [3.63, 3.8) is 0 Å². The first-order chi connectivity index (χ1) is 15.6. The van der Waals surface area contributed by atoms with Gasteiger partial charge in [-0.25, -0.2) is 9.59 Å². The zero-order valence-electron chi connectivity index (χ0n) is 18.0. The lowest BCUT2D eigenvalue weighted by Gasteiger charge is -2.46. The van der Waals surface area contributed by atoms with E-state index in [-0.39, 0.29) is 47.0 Å². The number of carboxylic acids is 2. The highest BCUT2D eigenvalue weighted by Crippen LogP contribution is 2.51. The van der Waals surface area contributed by atoms with Gasteiger partial charge in [0.15, 0.2) is 0 Å². The molecule has 3 aliphatic rings. The summed E-state index contributed by atoms with van der Waals surface area (Å²) in [7, 11) is 0. The van der Waals surface area contributed by atoms with E-state index in [0.29, 0.717) is 23.6 Å². The molecule has 2 amide bonds. The van der Waals surface area contributed by atoms with Gasteiger partial charge >= 0.3 is 11.9 Å². The first kappa shape index (κ1) is 23.3. The third-order valence-corrected chi connectivity index (χ3v) is 7.83. The molecule has 33 heavy (non-hydrogen) atoms. The summed E-state index contributed by atoms with van der Waals surface area (Å²) < 4.78 is 5.12. The molecule has 2 saturated heterocycles. The van der Waals surface area contributed by atoms with Gasteiger partial charge in [-0.2, -0.15) is 0 Å². The molecule has 0 bridgehead atoms. The molecular weight excluding hydrogens is 454 g/mol. The van der Waals surface area contributed by atoms with E-state index in [4.69, 9.17) is 9.52 Å². The highest BCUT2D eigenvalue weighted by atomic mass is 32.2. The first-order valence-corrected chi connectivity index (χ1v) is 11.5. The largest absolute Gasteiger partial charge is 0.477 e. The number of fused-ring (bicyclic) bond motifs is 1. The molecule has 1 aromatic heterocycles. The maximum Gasteiger partial charge on any atom is 0.371 e. The van der Waals surface area contributed by atoms with Crippen molar-refractivity contribution in [3.05, 3.63) is 34.3 Å². The summed E-state index contributed by atoms with van der Waals surface area (Å²) in [6.45, 7) is 3.92. The van der Waals surface area contributed by atoms with Gasteiger partial charge in [-0.3, -0.25) is 9.59 Å². The minimum absolute atomic E-state index is 0.0284. The van der Waals surface area contributed by atoms with Crippen LogP contribution in [0.3, 0.4) is 0 Å². The fourth-order valence-electron chi connectivity index (χ4n) is 4.74. The van der Waals surface area contributed by atoms with Crippen molar-refractivity contribution in [1.82, 2.24) is 15.5 Å². The summed E-state index contributed by atoms with van der Waals surface area (Å²) in [4.78, 5) is 49.7. The van der Waals surface area contributed by atoms with Gasteiger partial charge in [0.2, 0.25) is 17.6 Å². The van der Waals surface area contributed by atoms with Crippen molar-refractivity contribution in [2.75, 3.05) is 6.54 Å². The van der Waals surface area contributed by atoms with E-state index < -0.39 is 30.0 Å². The number of β-lactam (4-membered cyclic amide) rings is 1. The van der Waals surface area contributed by atoms with Crippen molar-refractivity contribution in [2.24, 2.45) is 11.8 Å². The number of aliphatic hydroxyl groups excluding tert-OH is 1. The van der Waals surface area contributed by atoms with E-state index in [0.717, 1.165) is 0 Å².